The van der Waals surface area contributed by atoms with Crippen molar-refractivity contribution < 1.29 is 36.3 Å². The van der Waals surface area contributed by atoms with Crippen LogP contribution in [0, 0.1) is 0 Å². The van der Waals surface area contributed by atoms with Crippen LogP contribution >= 0.6 is 0 Å². The zero-order chi connectivity index (χ0) is 14.9. The minimum atomic E-state index is -0.933. The van der Waals surface area contributed by atoms with Crippen molar-refractivity contribution in [2.75, 3.05) is 27.7 Å². The van der Waals surface area contributed by atoms with Gasteiger partial charge in [0.1, 0.15) is 6.54 Å². The third-order valence-electron chi connectivity index (χ3n) is 2.69. The van der Waals surface area contributed by atoms with E-state index in [4.69, 9.17) is 9.84 Å². The molecule has 0 aromatic rings. The second-order valence-corrected chi connectivity index (χ2v) is 5.99. The van der Waals surface area contributed by atoms with E-state index in [0.29, 0.717) is 17.4 Å². The van der Waals surface area contributed by atoms with E-state index in [9.17, 15) is 9.59 Å². The summed E-state index contributed by atoms with van der Waals surface area (Å²) in [5.74, 6) is -1.21. The summed E-state index contributed by atoms with van der Waals surface area (Å²) < 4.78 is 5.85. The minimum absolute atomic E-state index is 0. The zero-order valence-electron chi connectivity index (χ0n) is 13.0. The van der Waals surface area contributed by atoms with Gasteiger partial charge in [0.2, 0.25) is 0 Å². The van der Waals surface area contributed by atoms with Crippen LogP contribution in [-0.2, 0) is 14.3 Å². The van der Waals surface area contributed by atoms with Crippen molar-refractivity contribution in [1.82, 2.24) is 0 Å². The molecule has 0 fully saturated rings. The van der Waals surface area contributed by atoms with Crippen molar-refractivity contribution in [2.24, 2.45) is 0 Å². The van der Waals surface area contributed by atoms with Crippen LogP contribution in [0.25, 0.3) is 0 Å². The highest BCUT2D eigenvalue weighted by molar-refractivity contribution is 5.71. The molecule has 5 nitrogen and oxygen atoms in total. The number of nitrogens with zero attached hydrogens (tertiary/aromatic N) is 1. The van der Waals surface area contributed by atoms with Crippen LogP contribution in [0.15, 0.2) is 0 Å². The monoisotopic (exact) mass is 309 g/mol. The molecular formula is C14H28ClNO4. The fraction of sp³-hybridized carbons (Fsp3) is 0.857. The van der Waals surface area contributed by atoms with E-state index >= 15 is 0 Å². The normalized spacial score (nSPS) is 12.4. The molecule has 0 saturated carbocycles. The summed E-state index contributed by atoms with van der Waals surface area (Å²) in [6.07, 6.45) is 3.78. The number of hydrogen-bond acceptors (Lipinski definition) is 3. The maximum Gasteiger partial charge on any atom is 0.307 e. The van der Waals surface area contributed by atoms with Crippen molar-refractivity contribution in [1.29, 1.82) is 0 Å². The summed E-state index contributed by atoms with van der Waals surface area (Å²) in [7, 11) is 5.85. The van der Waals surface area contributed by atoms with Gasteiger partial charge in [-0.25, -0.2) is 0 Å². The molecule has 0 bridgehead atoms. The largest absolute Gasteiger partial charge is 1.00 e. The molecule has 1 N–H and O–H groups in total. The van der Waals surface area contributed by atoms with Gasteiger partial charge in [-0.3, -0.25) is 9.59 Å². The predicted octanol–water partition coefficient (Wildman–Crippen LogP) is -0.946. The Morgan fingerprint density at radius 3 is 2.20 bits per heavy atom. The number of esters is 1. The summed E-state index contributed by atoms with van der Waals surface area (Å²) in [5.41, 5.74) is 0. The minimum Gasteiger partial charge on any atom is -1.00 e. The molecule has 0 aromatic heterocycles. The predicted molar refractivity (Wildman–Crippen MR) is 73.8 cm³/mol. The molecule has 0 rings (SSSR count). The zero-order valence-corrected chi connectivity index (χ0v) is 13.8. The second kappa shape index (κ2) is 10.9. The Kier molecular flexibility index (Phi) is 11.7. The highest BCUT2D eigenvalue weighted by Crippen LogP contribution is 2.09. The number of aliphatic carboxylic acids is 1. The van der Waals surface area contributed by atoms with Gasteiger partial charge >= 0.3 is 11.9 Å². The maximum absolute atomic E-state index is 11.7. The number of quaternary nitrogens is 1. The Bertz CT molecular complexity index is 289. The molecular weight excluding hydrogens is 282 g/mol. The topological polar surface area (TPSA) is 63.6 Å². The standard InChI is InChI=1S/C14H27NO4.ClH/c1-5-6-7-8-9-14(18)19-12(10-13(16)17)11-15(2,3)4;/h12H,5-11H2,1-4H3;1H/t12-;/m1./s1. The van der Waals surface area contributed by atoms with Crippen molar-refractivity contribution in [3.63, 3.8) is 0 Å². The third-order valence-corrected chi connectivity index (χ3v) is 2.69. The van der Waals surface area contributed by atoms with E-state index in [1.165, 1.54) is 0 Å². The SMILES string of the molecule is CCCCCCC(=O)O[C@H](CC(=O)O)C[N+](C)(C)C.[Cl-]. The lowest BCUT2D eigenvalue weighted by Crippen LogP contribution is -3.00. The van der Waals surface area contributed by atoms with E-state index in [1.54, 1.807) is 0 Å². The number of ether oxygens (including phenoxy) is 1. The maximum atomic E-state index is 11.7. The summed E-state index contributed by atoms with van der Waals surface area (Å²) in [5, 5.41) is 8.84. The highest BCUT2D eigenvalue weighted by Gasteiger charge is 2.24. The molecule has 0 aliphatic heterocycles. The van der Waals surface area contributed by atoms with Crippen molar-refractivity contribution in [2.45, 2.75) is 51.6 Å². The van der Waals surface area contributed by atoms with Gasteiger partial charge in [-0.1, -0.05) is 26.2 Å². The molecule has 120 valence electrons. The summed E-state index contributed by atoms with van der Waals surface area (Å²) in [4.78, 5) is 22.4. The van der Waals surface area contributed by atoms with Gasteiger partial charge in [0, 0.05) is 6.42 Å². The van der Waals surface area contributed by atoms with Gasteiger partial charge in [0.15, 0.2) is 6.10 Å². The van der Waals surface area contributed by atoms with E-state index in [2.05, 4.69) is 6.92 Å². The summed E-state index contributed by atoms with van der Waals surface area (Å²) >= 11 is 0. The molecule has 0 heterocycles. The highest BCUT2D eigenvalue weighted by atomic mass is 35.5. The molecule has 0 unspecified atom stereocenters. The van der Waals surface area contributed by atoms with Crippen LogP contribution in [0.2, 0.25) is 0 Å². The van der Waals surface area contributed by atoms with Crippen LogP contribution in [0.3, 0.4) is 0 Å². The van der Waals surface area contributed by atoms with Crippen LogP contribution in [0.5, 0.6) is 0 Å². The lowest BCUT2D eigenvalue weighted by molar-refractivity contribution is -0.873. The number of unbranched alkanes of at least 4 members (excludes halogenated alkanes) is 3. The molecule has 0 spiro atoms. The number of carbonyl (C=O) groups excluding carboxylic acids is 1. The Morgan fingerprint density at radius 2 is 1.75 bits per heavy atom. The van der Waals surface area contributed by atoms with Crippen molar-refractivity contribution in [3.05, 3.63) is 0 Å². The molecule has 0 aliphatic rings. The first-order chi connectivity index (χ1) is 8.74. The number of carboxylic acids is 1. The Morgan fingerprint density at radius 1 is 1.15 bits per heavy atom. The van der Waals surface area contributed by atoms with Gasteiger partial charge in [-0.2, -0.15) is 0 Å². The summed E-state index contributed by atoms with van der Waals surface area (Å²) in [6, 6.07) is 0. The van der Waals surface area contributed by atoms with Crippen molar-refractivity contribution >= 4 is 11.9 Å². The van der Waals surface area contributed by atoms with Gasteiger partial charge < -0.3 is 26.7 Å². The molecule has 0 aromatic carbocycles. The molecule has 1 atom stereocenters. The van der Waals surface area contributed by atoms with Gasteiger partial charge in [0.05, 0.1) is 27.6 Å². The summed E-state index contributed by atoms with van der Waals surface area (Å²) in [6.45, 7) is 2.62. The van der Waals surface area contributed by atoms with Crippen molar-refractivity contribution in [3.8, 4) is 0 Å². The smallest absolute Gasteiger partial charge is 0.307 e. The fourth-order valence-electron chi connectivity index (χ4n) is 1.89. The van der Waals surface area contributed by atoms with E-state index in [1.807, 2.05) is 21.1 Å². The van der Waals surface area contributed by atoms with Crippen LogP contribution < -0.4 is 12.4 Å². The van der Waals surface area contributed by atoms with Crippen LogP contribution in [-0.4, -0.2) is 55.3 Å². The average Bonchev–Trinajstić information content (AvgIpc) is 2.20. The lowest BCUT2D eigenvalue weighted by atomic mass is 10.1. The van der Waals surface area contributed by atoms with Gasteiger partial charge in [-0.05, 0) is 6.42 Å². The second-order valence-electron chi connectivity index (χ2n) is 5.99. The van der Waals surface area contributed by atoms with Crippen LogP contribution in [0.1, 0.15) is 45.4 Å². The number of carboxylic acid groups (broad SMARTS) is 1. The Hall–Kier alpha value is -0.810. The number of halogens is 1. The Balaban J connectivity index is 0. The lowest BCUT2D eigenvalue weighted by Gasteiger charge is -2.28. The number of rotatable bonds is 10. The molecule has 0 aliphatic carbocycles. The first-order valence-electron chi connectivity index (χ1n) is 6.96. The van der Waals surface area contributed by atoms with Crippen LogP contribution in [0.4, 0.5) is 0 Å². The molecule has 20 heavy (non-hydrogen) atoms. The average molecular weight is 310 g/mol. The third kappa shape index (κ3) is 13.6. The molecule has 0 saturated heterocycles. The fourth-order valence-corrected chi connectivity index (χ4v) is 1.89. The first kappa shape index (κ1) is 21.5. The van der Waals surface area contributed by atoms with E-state index < -0.39 is 12.1 Å². The molecule has 6 heteroatoms. The Labute approximate surface area is 128 Å². The van der Waals surface area contributed by atoms with Gasteiger partial charge in [0.25, 0.3) is 0 Å². The molecule has 0 radical (unpaired) electrons. The number of hydrogen-bond donors (Lipinski definition) is 1. The van der Waals surface area contributed by atoms with Gasteiger partial charge in [-0.15, -0.1) is 0 Å². The molecule has 0 amide bonds. The number of likely N-dealkylation sites (N-methyl/N-ethyl adjacent to an activating group) is 1. The number of carbonyl (C=O) groups is 2. The quantitative estimate of drug-likeness (QED) is 0.321. The van der Waals surface area contributed by atoms with E-state index in [-0.39, 0.29) is 24.8 Å². The first-order valence-corrected chi connectivity index (χ1v) is 6.96. The van der Waals surface area contributed by atoms with E-state index in [0.717, 1.165) is 25.7 Å².